The van der Waals surface area contributed by atoms with Crippen molar-refractivity contribution in [1.82, 2.24) is 16.0 Å². The van der Waals surface area contributed by atoms with Crippen LogP contribution in [0.5, 0.6) is 0 Å². The summed E-state index contributed by atoms with van der Waals surface area (Å²) in [7, 11) is 0. The fraction of sp³-hybridized carbons (Fsp3) is 0.370. The molecular formula is C27H33N5O7. The molecule has 1 unspecified atom stereocenters. The molecule has 39 heavy (non-hydrogen) atoms. The molecule has 1 fully saturated rings. The Labute approximate surface area is 225 Å². The first-order valence-corrected chi connectivity index (χ1v) is 12.7. The largest absolute Gasteiger partial charge is 0.477 e. The average Bonchev–Trinajstić information content (AvgIpc) is 2.96. The molecule has 0 saturated carbocycles. The number of unbranched alkanes of at least 4 members (excludes halogenated alkanes) is 1. The van der Waals surface area contributed by atoms with E-state index in [1.54, 1.807) is 30.3 Å². The molecule has 3 rings (SSSR count). The number of carboxylic acid groups (broad SMARTS) is 1. The third-order valence-corrected chi connectivity index (χ3v) is 6.32. The SMILES string of the molecule is NC(=NO)c1ccc(C(=O)NC(OC2CCNCC2)(C(=O)O)C(=O)CCCCNC(=O)c2ccccc2)cc1. The summed E-state index contributed by atoms with van der Waals surface area (Å²) >= 11 is 0. The van der Waals surface area contributed by atoms with Crippen LogP contribution in [0.25, 0.3) is 0 Å². The zero-order chi connectivity index (χ0) is 28.3. The Balaban J connectivity index is 1.69. The molecule has 208 valence electrons. The summed E-state index contributed by atoms with van der Waals surface area (Å²) in [4.78, 5) is 51.2. The van der Waals surface area contributed by atoms with Crippen molar-refractivity contribution in [2.75, 3.05) is 19.6 Å². The van der Waals surface area contributed by atoms with E-state index in [0.29, 0.717) is 43.5 Å². The van der Waals surface area contributed by atoms with Gasteiger partial charge < -0.3 is 36.7 Å². The van der Waals surface area contributed by atoms with E-state index < -0.39 is 29.5 Å². The van der Waals surface area contributed by atoms with Gasteiger partial charge in [-0.15, -0.1) is 0 Å². The van der Waals surface area contributed by atoms with Crippen LogP contribution in [-0.4, -0.2) is 71.2 Å². The van der Waals surface area contributed by atoms with Gasteiger partial charge in [0.25, 0.3) is 11.8 Å². The second kappa shape index (κ2) is 14.0. The van der Waals surface area contributed by atoms with E-state index in [2.05, 4.69) is 21.1 Å². The van der Waals surface area contributed by atoms with Crippen LogP contribution < -0.4 is 21.7 Å². The standard InChI is InChI=1S/C27H33N5O7/c28-23(32-38)18-9-11-20(12-10-18)25(35)31-27(26(36)37,39-21-13-16-29-17-14-21)22(33)8-4-5-15-30-24(34)19-6-2-1-3-7-19/h1-3,6-7,9-12,21,29,38H,4-5,8,13-17H2,(H2,28,32)(H,30,34)(H,31,35)(H,36,37). The van der Waals surface area contributed by atoms with Gasteiger partial charge in [-0.2, -0.15) is 0 Å². The summed E-state index contributed by atoms with van der Waals surface area (Å²) in [5, 5.41) is 30.1. The lowest BCUT2D eigenvalue weighted by Crippen LogP contribution is -2.63. The van der Waals surface area contributed by atoms with Gasteiger partial charge in [-0.1, -0.05) is 35.5 Å². The molecule has 2 aromatic rings. The number of carbonyl (C=O) groups excluding carboxylic acids is 3. The number of carbonyl (C=O) groups is 4. The number of Topliss-reactive ketones (excluding diaryl/α,β-unsaturated/α-hetero) is 1. The Hall–Kier alpha value is -4.29. The van der Waals surface area contributed by atoms with Crippen LogP contribution in [0.3, 0.4) is 0 Å². The van der Waals surface area contributed by atoms with Gasteiger partial charge in [0.2, 0.25) is 0 Å². The van der Waals surface area contributed by atoms with Crippen molar-refractivity contribution < 1.29 is 34.2 Å². The van der Waals surface area contributed by atoms with Crippen LogP contribution in [-0.2, 0) is 14.3 Å². The van der Waals surface area contributed by atoms with Crippen LogP contribution >= 0.6 is 0 Å². The smallest absolute Gasteiger partial charge is 0.365 e. The fourth-order valence-corrected chi connectivity index (χ4v) is 4.11. The fourth-order valence-electron chi connectivity index (χ4n) is 4.11. The Morgan fingerprint density at radius 3 is 2.18 bits per heavy atom. The molecule has 1 aliphatic rings. The number of piperidine rings is 1. The number of benzene rings is 2. The van der Waals surface area contributed by atoms with Crippen LogP contribution in [0.4, 0.5) is 0 Å². The molecule has 0 radical (unpaired) electrons. The van der Waals surface area contributed by atoms with Gasteiger partial charge in [-0.25, -0.2) is 4.79 Å². The number of ketones is 1. The number of hydrogen-bond donors (Lipinski definition) is 6. The van der Waals surface area contributed by atoms with E-state index in [0.717, 1.165) is 0 Å². The second-order valence-corrected chi connectivity index (χ2v) is 9.07. The van der Waals surface area contributed by atoms with Gasteiger partial charge in [0, 0.05) is 29.7 Å². The zero-order valence-corrected chi connectivity index (χ0v) is 21.4. The maximum atomic E-state index is 13.4. The van der Waals surface area contributed by atoms with Gasteiger partial charge >= 0.3 is 11.7 Å². The van der Waals surface area contributed by atoms with Crippen molar-refractivity contribution in [2.24, 2.45) is 10.9 Å². The molecule has 12 nitrogen and oxygen atoms in total. The van der Waals surface area contributed by atoms with Crippen molar-refractivity contribution >= 4 is 29.4 Å². The molecule has 2 amide bonds. The average molecular weight is 540 g/mol. The molecule has 0 aromatic heterocycles. The highest BCUT2D eigenvalue weighted by Crippen LogP contribution is 2.22. The van der Waals surface area contributed by atoms with Gasteiger partial charge in [-0.05, 0) is 63.0 Å². The number of carboxylic acids is 1. The number of rotatable bonds is 13. The predicted molar refractivity (Wildman–Crippen MR) is 141 cm³/mol. The molecule has 1 aliphatic heterocycles. The normalized spacial score (nSPS) is 15.6. The third kappa shape index (κ3) is 7.85. The maximum absolute atomic E-state index is 13.4. The Bertz CT molecular complexity index is 1180. The van der Waals surface area contributed by atoms with E-state index >= 15 is 0 Å². The highest BCUT2D eigenvalue weighted by molar-refractivity contribution is 6.11. The molecular weight excluding hydrogens is 506 g/mol. The minimum absolute atomic E-state index is 0.0560. The third-order valence-electron chi connectivity index (χ3n) is 6.32. The zero-order valence-electron chi connectivity index (χ0n) is 21.4. The lowest BCUT2D eigenvalue weighted by molar-refractivity contribution is -0.185. The number of nitrogens with zero attached hydrogens (tertiary/aromatic N) is 1. The first-order valence-electron chi connectivity index (χ1n) is 12.7. The van der Waals surface area contributed by atoms with Gasteiger partial charge in [0.15, 0.2) is 11.6 Å². The van der Waals surface area contributed by atoms with Crippen molar-refractivity contribution in [1.29, 1.82) is 0 Å². The first-order chi connectivity index (χ1) is 18.8. The predicted octanol–water partition coefficient (Wildman–Crippen LogP) is 1.23. The lowest BCUT2D eigenvalue weighted by Gasteiger charge is -2.34. The molecule has 12 heteroatoms. The van der Waals surface area contributed by atoms with E-state index in [9.17, 15) is 24.3 Å². The number of ether oxygens (including phenoxy) is 1. The van der Waals surface area contributed by atoms with Gasteiger partial charge in [0.1, 0.15) is 0 Å². The molecule has 1 heterocycles. The summed E-state index contributed by atoms with van der Waals surface area (Å²) in [6.45, 7) is 1.45. The summed E-state index contributed by atoms with van der Waals surface area (Å²) < 4.78 is 5.86. The van der Waals surface area contributed by atoms with Crippen LogP contribution in [0.2, 0.25) is 0 Å². The second-order valence-electron chi connectivity index (χ2n) is 9.07. The minimum Gasteiger partial charge on any atom is -0.477 e. The van der Waals surface area contributed by atoms with Gasteiger partial charge in [0.05, 0.1) is 6.10 Å². The minimum atomic E-state index is -2.59. The van der Waals surface area contributed by atoms with E-state index in [4.69, 9.17) is 15.7 Å². The Kier molecular flexibility index (Phi) is 10.5. The summed E-state index contributed by atoms with van der Waals surface area (Å²) in [5.74, 6) is -3.66. The summed E-state index contributed by atoms with van der Waals surface area (Å²) in [5.41, 5.74) is 3.88. The van der Waals surface area contributed by atoms with Crippen LogP contribution in [0.1, 0.15) is 58.4 Å². The Morgan fingerprint density at radius 1 is 0.949 bits per heavy atom. The number of nitrogens with one attached hydrogen (secondary N) is 3. The lowest BCUT2D eigenvalue weighted by atomic mass is 10.00. The quantitative estimate of drug-likeness (QED) is 0.0413. The van der Waals surface area contributed by atoms with E-state index in [-0.39, 0.29) is 36.7 Å². The molecule has 1 saturated heterocycles. The number of oxime groups is 1. The monoisotopic (exact) mass is 539 g/mol. The number of hydrogen-bond acceptors (Lipinski definition) is 8. The number of nitrogens with two attached hydrogens (primary N) is 1. The molecule has 0 spiro atoms. The van der Waals surface area contributed by atoms with Crippen molar-refractivity contribution in [3.63, 3.8) is 0 Å². The summed E-state index contributed by atoms with van der Waals surface area (Å²) in [6.07, 6.45) is 0.872. The molecule has 7 N–H and O–H groups in total. The molecule has 2 aromatic carbocycles. The van der Waals surface area contributed by atoms with E-state index in [1.807, 2.05) is 0 Å². The first kappa shape index (κ1) is 29.3. The van der Waals surface area contributed by atoms with Crippen LogP contribution in [0.15, 0.2) is 59.8 Å². The van der Waals surface area contributed by atoms with Crippen LogP contribution in [0, 0.1) is 0 Å². The topological polar surface area (TPSA) is 192 Å². The number of amidine groups is 1. The van der Waals surface area contributed by atoms with E-state index in [1.165, 1.54) is 24.3 Å². The Morgan fingerprint density at radius 2 is 1.56 bits per heavy atom. The van der Waals surface area contributed by atoms with Gasteiger partial charge in [-0.3, -0.25) is 14.4 Å². The molecule has 0 aliphatic carbocycles. The molecule has 0 bridgehead atoms. The number of aliphatic carboxylic acids is 1. The maximum Gasteiger partial charge on any atom is 0.365 e. The van der Waals surface area contributed by atoms with Crippen molar-refractivity contribution in [3.8, 4) is 0 Å². The highest BCUT2D eigenvalue weighted by atomic mass is 16.6. The molecule has 1 atom stereocenters. The number of amides is 2. The van der Waals surface area contributed by atoms with Crippen molar-refractivity contribution in [2.45, 2.75) is 43.9 Å². The highest BCUT2D eigenvalue weighted by Gasteiger charge is 2.50. The van der Waals surface area contributed by atoms with Crippen molar-refractivity contribution in [3.05, 3.63) is 71.3 Å². The summed E-state index contributed by atoms with van der Waals surface area (Å²) in [6, 6.07) is 14.2.